The molecule has 1 aromatic rings. The minimum atomic E-state index is 0.0316. The second kappa shape index (κ2) is 9.62. The van der Waals surface area contributed by atoms with Crippen LogP contribution in [0.25, 0.3) is 0 Å². The van der Waals surface area contributed by atoms with Crippen molar-refractivity contribution in [1.82, 2.24) is 15.5 Å². The number of hydrogen-bond acceptors (Lipinski definition) is 3. The molecule has 3 rings (SSSR count). The van der Waals surface area contributed by atoms with Crippen LogP contribution < -0.4 is 15.4 Å². The first-order valence-corrected chi connectivity index (χ1v) is 10.1. The summed E-state index contributed by atoms with van der Waals surface area (Å²) in [6.07, 6.45) is 7.37. The Morgan fingerprint density at radius 3 is 2.63 bits per heavy atom. The maximum atomic E-state index is 11.9. The Morgan fingerprint density at radius 2 is 1.93 bits per heavy atom. The van der Waals surface area contributed by atoms with Gasteiger partial charge < -0.3 is 20.3 Å². The van der Waals surface area contributed by atoms with Crippen LogP contribution in [-0.2, 0) is 11.3 Å². The number of likely N-dealkylation sites (N-methyl/N-ethyl adjacent to an activating group) is 1. The number of aliphatic imine (C=N–C) groups is 1. The lowest BCUT2D eigenvalue weighted by Crippen LogP contribution is -2.46. The van der Waals surface area contributed by atoms with Crippen molar-refractivity contribution in [3.05, 3.63) is 29.8 Å². The van der Waals surface area contributed by atoms with Crippen molar-refractivity contribution in [2.75, 3.05) is 27.2 Å². The standard InChI is InChI=1S/C21H32N4O2/c1-25(2)20(26)14-23-21(24-18-8-4-5-9-18)22-13-17-7-3-6-10-19(17)27-15-16-11-12-16/h3,6-7,10,16,18H,4-5,8-9,11-15H2,1-2H3,(H2,22,23,24). The van der Waals surface area contributed by atoms with Crippen LogP contribution in [0.2, 0.25) is 0 Å². The predicted octanol–water partition coefficient (Wildman–Crippen LogP) is 2.54. The Labute approximate surface area is 162 Å². The number of carbonyl (C=O) groups excluding carboxylic acids is 1. The molecule has 0 aromatic heterocycles. The van der Waals surface area contributed by atoms with Gasteiger partial charge in [-0.25, -0.2) is 4.99 Å². The number of guanidine groups is 1. The summed E-state index contributed by atoms with van der Waals surface area (Å²) in [4.78, 5) is 18.2. The molecule has 6 nitrogen and oxygen atoms in total. The third-order valence-electron chi connectivity index (χ3n) is 5.15. The van der Waals surface area contributed by atoms with Crippen LogP contribution in [0, 0.1) is 5.92 Å². The third-order valence-corrected chi connectivity index (χ3v) is 5.15. The maximum Gasteiger partial charge on any atom is 0.241 e. The SMILES string of the molecule is CN(C)C(=O)CNC(=NCc1ccccc1OCC1CC1)NC1CCCC1. The van der Waals surface area contributed by atoms with Crippen LogP contribution in [0.4, 0.5) is 0 Å². The maximum absolute atomic E-state index is 11.9. The highest BCUT2D eigenvalue weighted by Gasteiger charge is 2.22. The smallest absolute Gasteiger partial charge is 0.241 e. The van der Waals surface area contributed by atoms with E-state index in [4.69, 9.17) is 9.73 Å². The predicted molar refractivity (Wildman–Crippen MR) is 108 cm³/mol. The molecule has 148 valence electrons. The molecule has 0 spiro atoms. The molecule has 0 heterocycles. The molecule has 6 heteroatoms. The Morgan fingerprint density at radius 1 is 1.19 bits per heavy atom. The van der Waals surface area contributed by atoms with Crippen molar-refractivity contribution in [3.63, 3.8) is 0 Å². The Kier molecular flexibility index (Phi) is 6.96. The first-order valence-electron chi connectivity index (χ1n) is 10.1. The third kappa shape index (κ3) is 6.45. The summed E-state index contributed by atoms with van der Waals surface area (Å²) < 4.78 is 5.99. The number of amides is 1. The number of rotatable bonds is 8. The fourth-order valence-corrected chi connectivity index (χ4v) is 3.17. The van der Waals surface area contributed by atoms with Gasteiger partial charge in [0.2, 0.25) is 5.91 Å². The molecule has 2 aliphatic carbocycles. The number of para-hydroxylation sites is 1. The number of hydrogen-bond donors (Lipinski definition) is 2. The minimum absolute atomic E-state index is 0.0316. The van der Waals surface area contributed by atoms with E-state index in [0.717, 1.165) is 36.7 Å². The van der Waals surface area contributed by atoms with Crippen molar-refractivity contribution < 1.29 is 9.53 Å². The van der Waals surface area contributed by atoms with E-state index in [1.165, 1.54) is 25.7 Å². The molecule has 2 saturated carbocycles. The topological polar surface area (TPSA) is 66.0 Å². The largest absolute Gasteiger partial charge is 0.493 e. The monoisotopic (exact) mass is 372 g/mol. The molecule has 2 N–H and O–H groups in total. The molecule has 1 aromatic carbocycles. The molecule has 0 saturated heterocycles. The Balaban J connectivity index is 1.63. The molecule has 0 atom stereocenters. The summed E-state index contributed by atoms with van der Waals surface area (Å²) in [6, 6.07) is 8.53. The molecule has 27 heavy (non-hydrogen) atoms. The molecular weight excluding hydrogens is 340 g/mol. The van der Waals surface area contributed by atoms with E-state index in [9.17, 15) is 4.79 Å². The van der Waals surface area contributed by atoms with Gasteiger partial charge in [0, 0.05) is 25.7 Å². The van der Waals surface area contributed by atoms with Gasteiger partial charge in [0.15, 0.2) is 5.96 Å². The van der Waals surface area contributed by atoms with Crippen LogP contribution in [0.15, 0.2) is 29.3 Å². The zero-order valence-electron chi connectivity index (χ0n) is 16.5. The van der Waals surface area contributed by atoms with E-state index in [-0.39, 0.29) is 12.5 Å². The molecule has 2 fully saturated rings. The number of benzene rings is 1. The van der Waals surface area contributed by atoms with Gasteiger partial charge in [0.25, 0.3) is 0 Å². The first kappa shape index (κ1) is 19.5. The van der Waals surface area contributed by atoms with E-state index in [2.05, 4.69) is 16.7 Å². The number of carbonyl (C=O) groups is 1. The fraction of sp³-hybridized carbons (Fsp3) is 0.619. The lowest BCUT2D eigenvalue weighted by molar-refractivity contribution is -0.127. The summed E-state index contributed by atoms with van der Waals surface area (Å²) in [5.41, 5.74) is 1.07. The van der Waals surface area contributed by atoms with E-state index in [1.807, 2.05) is 18.2 Å². The summed E-state index contributed by atoms with van der Waals surface area (Å²) >= 11 is 0. The van der Waals surface area contributed by atoms with E-state index < -0.39 is 0 Å². The van der Waals surface area contributed by atoms with Gasteiger partial charge in [-0.1, -0.05) is 31.0 Å². The zero-order valence-corrected chi connectivity index (χ0v) is 16.5. The van der Waals surface area contributed by atoms with Gasteiger partial charge in [0.05, 0.1) is 19.7 Å². The first-order chi connectivity index (χ1) is 13.1. The molecule has 0 bridgehead atoms. The van der Waals surface area contributed by atoms with Crippen molar-refractivity contribution >= 4 is 11.9 Å². The van der Waals surface area contributed by atoms with Gasteiger partial charge in [0.1, 0.15) is 5.75 Å². The normalized spacial score (nSPS) is 17.6. The Hall–Kier alpha value is -2.24. The zero-order chi connectivity index (χ0) is 19.1. The molecule has 0 unspecified atom stereocenters. The van der Waals surface area contributed by atoms with E-state index >= 15 is 0 Å². The molecule has 2 aliphatic rings. The highest BCUT2D eigenvalue weighted by atomic mass is 16.5. The van der Waals surface area contributed by atoms with E-state index in [1.54, 1.807) is 19.0 Å². The highest BCUT2D eigenvalue weighted by Crippen LogP contribution is 2.30. The van der Waals surface area contributed by atoms with Gasteiger partial charge in [-0.15, -0.1) is 0 Å². The van der Waals surface area contributed by atoms with Crippen LogP contribution >= 0.6 is 0 Å². The Bertz CT molecular complexity index is 649. The average Bonchev–Trinajstić information content (AvgIpc) is 3.36. The van der Waals surface area contributed by atoms with Crippen molar-refractivity contribution in [2.24, 2.45) is 10.9 Å². The lowest BCUT2D eigenvalue weighted by atomic mass is 10.2. The van der Waals surface area contributed by atoms with Gasteiger partial charge in [-0.05, 0) is 37.7 Å². The average molecular weight is 373 g/mol. The summed E-state index contributed by atoms with van der Waals surface area (Å²) in [5, 5.41) is 6.67. The number of ether oxygens (including phenoxy) is 1. The number of nitrogens with zero attached hydrogens (tertiary/aromatic N) is 2. The van der Waals surface area contributed by atoms with Crippen molar-refractivity contribution in [3.8, 4) is 5.75 Å². The molecule has 1 amide bonds. The highest BCUT2D eigenvalue weighted by molar-refractivity contribution is 5.86. The summed E-state index contributed by atoms with van der Waals surface area (Å²) in [5.74, 6) is 2.37. The molecular formula is C21H32N4O2. The van der Waals surface area contributed by atoms with Gasteiger partial charge >= 0.3 is 0 Å². The number of nitrogens with one attached hydrogen (secondary N) is 2. The molecule has 0 aliphatic heterocycles. The van der Waals surface area contributed by atoms with Crippen LogP contribution in [0.1, 0.15) is 44.1 Å². The quantitative estimate of drug-likeness (QED) is 0.544. The van der Waals surface area contributed by atoms with Crippen LogP contribution in [0.3, 0.4) is 0 Å². The second-order valence-electron chi connectivity index (χ2n) is 7.79. The van der Waals surface area contributed by atoms with Gasteiger partial charge in [-0.2, -0.15) is 0 Å². The lowest BCUT2D eigenvalue weighted by Gasteiger charge is -2.19. The summed E-state index contributed by atoms with van der Waals surface area (Å²) in [7, 11) is 3.53. The van der Waals surface area contributed by atoms with E-state index in [0.29, 0.717) is 18.5 Å². The van der Waals surface area contributed by atoms with Crippen LogP contribution in [-0.4, -0.2) is 50.1 Å². The van der Waals surface area contributed by atoms with Crippen molar-refractivity contribution in [1.29, 1.82) is 0 Å². The molecule has 0 radical (unpaired) electrons. The fourth-order valence-electron chi connectivity index (χ4n) is 3.17. The van der Waals surface area contributed by atoms with Crippen molar-refractivity contribution in [2.45, 2.75) is 51.1 Å². The summed E-state index contributed by atoms with van der Waals surface area (Å²) in [6.45, 7) is 1.56. The minimum Gasteiger partial charge on any atom is -0.493 e. The van der Waals surface area contributed by atoms with Gasteiger partial charge in [-0.3, -0.25) is 4.79 Å². The van der Waals surface area contributed by atoms with Crippen LogP contribution in [0.5, 0.6) is 5.75 Å². The second-order valence-corrected chi connectivity index (χ2v) is 7.79.